The second-order valence-corrected chi connectivity index (χ2v) is 6.69. The maximum absolute atomic E-state index is 12.4. The van der Waals surface area contributed by atoms with E-state index in [0.717, 1.165) is 55.2 Å². The zero-order valence-electron chi connectivity index (χ0n) is 13.2. The molecule has 1 atom stereocenters. The number of hydrogen-bond acceptors (Lipinski definition) is 6. The summed E-state index contributed by atoms with van der Waals surface area (Å²) in [5, 5.41) is 2.98. The molecule has 0 aliphatic carbocycles. The van der Waals surface area contributed by atoms with Crippen molar-refractivity contribution in [3.8, 4) is 0 Å². The monoisotopic (exact) mass is 331 g/mol. The highest BCUT2D eigenvalue weighted by atomic mass is 32.1. The molecule has 0 bridgehead atoms. The van der Waals surface area contributed by atoms with Crippen molar-refractivity contribution in [1.82, 2.24) is 19.9 Å². The summed E-state index contributed by atoms with van der Waals surface area (Å²) in [4.78, 5) is 27.9. The number of hydrogen-bond donors (Lipinski definition) is 1. The van der Waals surface area contributed by atoms with Crippen LogP contribution in [0.2, 0.25) is 0 Å². The van der Waals surface area contributed by atoms with Gasteiger partial charge in [-0.25, -0.2) is 4.98 Å². The predicted molar refractivity (Wildman–Crippen MR) is 90.6 cm³/mol. The van der Waals surface area contributed by atoms with Gasteiger partial charge in [0.25, 0.3) is 5.91 Å². The highest BCUT2D eigenvalue weighted by molar-refractivity contribution is 7.11. The molecule has 1 amide bonds. The van der Waals surface area contributed by atoms with Crippen molar-refractivity contribution >= 4 is 23.1 Å². The standard InChI is InChI=1S/C16H21N5OS/c1-17-15-10-19-13(8-20-15)7-12-3-2-5-21(6-4-12)16(22)14-9-18-11-23-14/h8-12H,2-7H2,1H3,(H,17,20). The lowest BCUT2D eigenvalue weighted by Gasteiger charge is -2.19. The smallest absolute Gasteiger partial charge is 0.265 e. The number of carbonyl (C=O) groups excluding carboxylic acids is 1. The lowest BCUT2D eigenvalue weighted by atomic mass is 9.95. The van der Waals surface area contributed by atoms with Crippen molar-refractivity contribution in [2.45, 2.75) is 25.7 Å². The van der Waals surface area contributed by atoms with E-state index in [0.29, 0.717) is 5.92 Å². The molecule has 1 aliphatic rings. The predicted octanol–water partition coefficient (Wildman–Crippen LogP) is 2.46. The van der Waals surface area contributed by atoms with Crippen molar-refractivity contribution in [2.24, 2.45) is 5.92 Å². The third-order valence-corrected chi connectivity index (χ3v) is 5.00. The largest absolute Gasteiger partial charge is 0.372 e. The first-order valence-electron chi connectivity index (χ1n) is 7.92. The Morgan fingerprint density at radius 2 is 2.22 bits per heavy atom. The number of rotatable bonds is 4. The van der Waals surface area contributed by atoms with Gasteiger partial charge in [-0.05, 0) is 31.6 Å². The summed E-state index contributed by atoms with van der Waals surface area (Å²) in [6.45, 7) is 1.64. The molecule has 23 heavy (non-hydrogen) atoms. The van der Waals surface area contributed by atoms with E-state index in [1.807, 2.05) is 18.1 Å². The number of aromatic nitrogens is 3. The van der Waals surface area contributed by atoms with E-state index in [-0.39, 0.29) is 5.91 Å². The van der Waals surface area contributed by atoms with Crippen molar-refractivity contribution in [1.29, 1.82) is 0 Å². The zero-order valence-corrected chi connectivity index (χ0v) is 14.1. The van der Waals surface area contributed by atoms with Crippen LogP contribution in [0.4, 0.5) is 5.82 Å². The Hall–Kier alpha value is -2.02. The maximum atomic E-state index is 12.4. The van der Waals surface area contributed by atoms with E-state index >= 15 is 0 Å². The van der Waals surface area contributed by atoms with Gasteiger partial charge in [-0.3, -0.25) is 14.8 Å². The summed E-state index contributed by atoms with van der Waals surface area (Å²) in [5.41, 5.74) is 2.73. The molecule has 0 radical (unpaired) electrons. The van der Waals surface area contributed by atoms with Crippen LogP contribution < -0.4 is 5.32 Å². The van der Waals surface area contributed by atoms with Crippen LogP contribution >= 0.6 is 11.3 Å². The summed E-state index contributed by atoms with van der Waals surface area (Å²) in [6.07, 6.45) is 9.38. The summed E-state index contributed by atoms with van der Waals surface area (Å²) in [5.74, 6) is 1.46. The zero-order chi connectivity index (χ0) is 16.1. The molecule has 0 spiro atoms. The molecule has 3 heterocycles. The van der Waals surface area contributed by atoms with Crippen molar-refractivity contribution in [2.75, 3.05) is 25.5 Å². The van der Waals surface area contributed by atoms with Gasteiger partial charge in [-0.15, -0.1) is 11.3 Å². The minimum atomic E-state index is 0.117. The van der Waals surface area contributed by atoms with E-state index in [9.17, 15) is 4.79 Å². The first-order chi connectivity index (χ1) is 11.3. The lowest BCUT2D eigenvalue weighted by molar-refractivity contribution is 0.0764. The van der Waals surface area contributed by atoms with E-state index < -0.39 is 0 Å². The number of nitrogens with zero attached hydrogens (tertiary/aromatic N) is 4. The van der Waals surface area contributed by atoms with E-state index in [1.54, 1.807) is 17.9 Å². The van der Waals surface area contributed by atoms with Crippen LogP contribution in [0.3, 0.4) is 0 Å². The van der Waals surface area contributed by atoms with Gasteiger partial charge >= 0.3 is 0 Å². The van der Waals surface area contributed by atoms with Gasteiger partial charge in [-0.1, -0.05) is 0 Å². The molecule has 6 nitrogen and oxygen atoms in total. The average molecular weight is 331 g/mol. The average Bonchev–Trinajstić information content (AvgIpc) is 3.02. The summed E-state index contributed by atoms with van der Waals surface area (Å²) < 4.78 is 0. The van der Waals surface area contributed by atoms with Crippen LogP contribution in [-0.4, -0.2) is 45.9 Å². The lowest BCUT2D eigenvalue weighted by Crippen LogP contribution is -2.31. The minimum absolute atomic E-state index is 0.117. The van der Waals surface area contributed by atoms with Gasteiger partial charge < -0.3 is 10.2 Å². The summed E-state index contributed by atoms with van der Waals surface area (Å²) in [7, 11) is 1.84. The third kappa shape index (κ3) is 4.04. The van der Waals surface area contributed by atoms with E-state index in [2.05, 4.69) is 20.3 Å². The molecule has 3 rings (SSSR count). The molecule has 0 aromatic carbocycles. The Morgan fingerprint density at radius 1 is 1.30 bits per heavy atom. The van der Waals surface area contributed by atoms with Crippen LogP contribution in [-0.2, 0) is 6.42 Å². The highest BCUT2D eigenvalue weighted by Gasteiger charge is 2.22. The quantitative estimate of drug-likeness (QED) is 0.932. The van der Waals surface area contributed by atoms with Gasteiger partial charge in [0.2, 0.25) is 0 Å². The maximum Gasteiger partial charge on any atom is 0.265 e. The summed E-state index contributed by atoms with van der Waals surface area (Å²) in [6, 6.07) is 0. The van der Waals surface area contributed by atoms with Crippen LogP contribution in [0.15, 0.2) is 24.1 Å². The first-order valence-corrected chi connectivity index (χ1v) is 8.80. The second kappa shape index (κ2) is 7.50. The molecule has 7 heteroatoms. The van der Waals surface area contributed by atoms with E-state index in [4.69, 9.17) is 0 Å². The number of likely N-dealkylation sites (tertiary alicyclic amines) is 1. The Morgan fingerprint density at radius 3 is 2.91 bits per heavy atom. The normalized spacial score (nSPS) is 18.5. The topological polar surface area (TPSA) is 71.0 Å². The fourth-order valence-electron chi connectivity index (χ4n) is 2.93. The summed E-state index contributed by atoms with van der Waals surface area (Å²) >= 11 is 1.41. The molecule has 1 saturated heterocycles. The SMILES string of the molecule is CNc1cnc(CC2CCCN(C(=O)c3cncs3)CC2)cn1. The molecule has 0 saturated carbocycles. The highest BCUT2D eigenvalue weighted by Crippen LogP contribution is 2.22. The minimum Gasteiger partial charge on any atom is -0.372 e. The fraction of sp³-hybridized carbons (Fsp3) is 0.500. The van der Waals surface area contributed by atoms with Gasteiger partial charge in [-0.2, -0.15) is 0 Å². The third-order valence-electron chi connectivity index (χ3n) is 4.24. The van der Waals surface area contributed by atoms with Crippen LogP contribution in [0.5, 0.6) is 0 Å². The molecule has 122 valence electrons. The Labute approximate surface area is 140 Å². The van der Waals surface area contributed by atoms with Crippen molar-refractivity contribution in [3.05, 3.63) is 34.7 Å². The molecular weight excluding hydrogens is 310 g/mol. The van der Waals surface area contributed by atoms with Gasteiger partial charge in [0.15, 0.2) is 0 Å². The number of anilines is 1. The Balaban J connectivity index is 1.56. The molecule has 2 aromatic heterocycles. The van der Waals surface area contributed by atoms with Crippen molar-refractivity contribution in [3.63, 3.8) is 0 Å². The van der Waals surface area contributed by atoms with Crippen LogP contribution in [0, 0.1) is 5.92 Å². The molecule has 2 aromatic rings. The number of amides is 1. The van der Waals surface area contributed by atoms with Crippen LogP contribution in [0.1, 0.15) is 34.6 Å². The molecule has 1 N–H and O–H groups in total. The fourth-order valence-corrected chi connectivity index (χ4v) is 3.52. The molecule has 1 unspecified atom stereocenters. The van der Waals surface area contributed by atoms with E-state index in [1.165, 1.54) is 11.3 Å². The Bertz CT molecular complexity index is 628. The van der Waals surface area contributed by atoms with Gasteiger partial charge in [0, 0.05) is 20.1 Å². The first kappa shape index (κ1) is 15.9. The van der Waals surface area contributed by atoms with Gasteiger partial charge in [0.05, 0.1) is 29.8 Å². The molecule has 1 fully saturated rings. The number of thiazole rings is 1. The number of carbonyl (C=O) groups is 1. The number of nitrogens with one attached hydrogen (secondary N) is 1. The molecule has 1 aliphatic heterocycles. The van der Waals surface area contributed by atoms with Crippen LogP contribution in [0.25, 0.3) is 0 Å². The van der Waals surface area contributed by atoms with Gasteiger partial charge in [0.1, 0.15) is 10.7 Å². The molecular formula is C16H21N5OS. The second-order valence-electron chi connectivity index (χ2n) is 5.80. The Kier molecular flexibility index (Phi) is 5.17. The van der Waals surface area contributed by atoms with Crippen molar-refractivity contribution < 1.29 is 4.79 Å².